The van der Waals surface area contributed by atoms with E-state index in [2.05, 4.69) is 4.72 Å². The summed E-state index contributed by atoms with van der Waals surface area (Å²) in [5.74, 6) is -0.483. The Hall–Kier alpha value is -1.74. The Labute approximate surface area is 141 Å². The molecule has 0 saturated carbocycles. The summed E-state index contributed by atoms with van der Waals surface area (Å²) in [7, 11) is -3.42. The highest BCUT2D eigenvalue weighted by Crippen LogP contribution is 2.16. The lowest BCUT2D eigenvalue weighted by Gasteiger charge is -2.31. The number of rotatable bonds is 7. The second kappa shape index (κ2) is 8.39. The molecule has 1 N–H and O–H groups in total. The first-order valence-corrected chi connectivity index (χ1v) is 9.32. The Morgan fingerprint density at radius 2 is 1.96 bits per heavy atom. The predicted octanol–water partition coefficient (Wildman–Crippen LogP) is 0.965. The standard InChI is InChI=1S/C16H21NO6S/c1-12(18)22-16-9-8-14(17-24(2,19)20)15(23-16)11-21-10-13-6-4-3-5-7-13/h3-9,14-17H,10-11H2,1-2H3/t14-,15+,16-/m0/s1. The lowest BCUT2D eigenvalue weighted by molar-refractivity contribution is -0.184. The first-order valence-electron chi connectivity index (χ1n) is 7.43. The molecule has 0 amide bonds. The molecule has 1 heterocycles. The summed E-state index contributed by atoms with van der Waals surface area (Å²) >= 11 is 0. The van der Waals surface area contributed by atoms with E-state index in [0.29, 0.717) is 6.61 Å². The molecule has 7 nitrogen and oxygen atoms in total. The van der Waals surface area contributed by atoms with Crippen molar-refractivity contribution < 1.29 is 27.4 Å². The Bertz CT molecular complexity index is 673. The average molecular weight is 355 g/mol. The van der Waals surface area contributed by atoms with E-state index in [1.807, 2.05) is 30.3 Å². The van der Waals surface area contributed by atoms with Gasteiger partial charge in [0.1, 0.15) is 6.10 Å². The summed E-state index contributed by atoms with van der Waals surface area (Å²) < 4.78 is 41.6. The number of nitrogens with one attached hydrogen (secondary N) is 1. The maximum atomic E-state index is 11.5. The van der Waals surface area contributed by atoms with Crippen LogP contribution in [0.2, 0.25) is 0 Å². The highest BCUT2D eigenvalue weighted by Gasteiger charge is 2.30. The topological polar surface area (TPSA) is 90.9 Å². The summed E-state index contributed by atoms with van der Waals surface area (Å²) in [5.41, 5.74) is 0.994. The minimum absolute atomic E-state index is 0.143. The molecule has 0 spiro atoms. The number of carbonyl (C=O) groups excluding carboxylic acids is 1. The molecule has 0 fully saturated rings. The number of hydrogen-bond acceptors (Lipinski definition) is 6. The maximum Gasteiger partial charge on any atom is 0.305 e. The van der Waals surface area contributed by atoms with E-state index in [4.69, 9.17) is 14.2 Å². The molecule has 8 heteroatoms. The molecule has 3 atom stereocenters. The van der Waals surface area contributed by atoms with Gasteiger partial charge >= 0.3 is 5.97 Å². The van der Waals surface area contributed by atoms with Crippen LogP contribution in [0.25, 0.3) is 0 Å². The van der Waals surface area contributed by atoms with E-state index in [1.54, 1.807) is 6.08 Å². The van der Waals surface area contributed by atoms with Crippen LogP contribution in [0, 0.1) is 0 Å². The largest absolute Gasteiger partial charge is 0.432 e. The quantitative estimate of drug-likeness (QED) is 0.579. The molecular weight excluding hydrogens is 334 g/mol. The van der Waals surface area contributed by atoms with Gasteiger partial charge in [-0.2, -0.15) is 0 Å². The van der Waals surface area contributed by atoms with Gasteiger partial charge in [-0.1, -0.05) is 36.4 Å². The first kappa shape index (κ1) is 18.6. The smallest absolute Gasteiger partial charge is 0.305 e. The lowest BCUT2D eigenvalue weighted by atomic mass is 10.1. The second-order valence-electron chi connectivity index (χ2n) is 5.45. The van der Waals surface area contributed by atoms with Crippen LogP contribution in [0.15, 0.2) is 42.5 Å². The van der Waals surface area contributed by atoms with Gasteiger partial charge in [0.15, 0.2) is 0 Å². The number of benzene rings is 1. The molecule has 24 heavy (non-hydrogen) atoms. The van der Waals surface area contributed by atoms with Crippen molar-refractivity contribution in [2.75, 3.05) is 12.9 Å². The molecule has 1 aliphatic rings. The van der Waals surface area contributed by atoms with E-state index < -0.39 is 34.4 Å². The minimum Gasteiger partial charge on any atom is -0.432 e. The zero-order valence-electron chi connectivity index (χ0n) is 13.5. The number of esters is 1. The summed E-state index contributed by atoms with van der Waals surface area (Å²) in [6, 6.07) is 8.98. The van der Waals surface area contributed by atoms with Crippen LogP contribution in [-0.4, -0.2) is 45.7 Å². The molecule has 0 aliphatic carbocycles. The highest BCUT2D eigenvalue weighted by atomic mass is 32.2. The maximum absolute atomic E-state index is 11.5. The zero-order chi connectivity index (χ0) is 17.6. The second-order valence-corrected chi connectivity index (χ2v) is 7.23. The SMILES string of the molecule is CC(=O)O[C@@H]1C=C[C@H](NS(C)(=O)=O)[C@@H](COCc2ccccc2)O1. The third kappa shape index (κ3) is 6.40. The van der Waals surface area contributed by atoms with Crippen molar-refractivity contribution in [3.05, 3.63) is 48.0 Å². The van der Waals surface area contributed by atoms with Crippen molar-refractivity contribution in [3.63, 3.8) is 0 Å². The van der Waals surface area contributed by atoms with Gasteiger partial charge in [-0.25, -0.2) is 13.1 Å². The molecule has 0 saturated heterocycles. The highest BCUT2D eigenvalue weighted by molar-refractivity contribution is 7.88. The summed E-state index contributed by atoms with van der Waals surface area (Å²) in [4.78, 5) is 11.0. The molecule has 132 valence electrons. The van der Waals surface area contributed by atoms with Crippen molar-refractivity contribution in [2.24, 2.45) is 0 Å². The third-order valence-electron chi connectivity index (χ3n) is 3.21. The fraction of sp³-hybridized carbons (Fsp3) is 0.438. The molecule has 2 rings (SSSR count). The van der Waals surface area contributed by atoms with E-state index in [1.165, 1.54) is 13.0 Å². The van der Waals surface area contributed by atoms with Crippen molar-refractivity contribution in [3.8, 4) is 0 Å². The van der Waals surface area contributed by atoms with Crippen molar-refractivity contribution in [1.82, 2.24) is 4.72 Å². The molecule has 1 aromatic carbocycles. The zero-order valence-corrected chi connectivity index (χ0v) is 14.4. The normalized spacial score (nSPS) is 23.8. The number of sulfonamides is 1. The van der Waals surface area contributed by atoms with Gasteiger partial charge in [-0.15, -0.1) is 0 Å². The first-order chi connectivity index (χ1) is 11.3. The van der Waals surface area contributed by atoms with Gasteiger partial charge in [0.2, 0.25) is 16.3 Å². The van der Waals surface area contributed by atoms with E-state index in [-0.39, 0.29) is 6.61 Å². The van der Waals surface area contributed by atoms with Gasteiger partial charge in [0, 0.05) is 6.92 Å². The lowest BCUT2D eigenvalue weighted by Crippen LogP contribution is -2.49. The van der Waals surface area contributed by atoms with Gasteiger partial charge in [0.25, 0.3) is 0 Å². The number of carbonyl (C=O) groups is 1. The van der Waals surface area contributed by atoms with E-state index in [0.717, 1.165) is 11.8 Å². The Kier molecular flexibility index (Phi) is 6.50. The molecule has 1 aliphatic heterocycles. The Morgan fingerprint density at radius 1 is 1.25 bits per heavy atom. The molecule has 0 aromatic heterocycles. The molecule has 1 aromatic rings. The van der Waals surface area contributed by atoms with Crippen molar-refractivity contribution >= 4 is 16.0 Å². The Balaban J connectivity index is 1.98. The molecule has 0 unspecified atom stereocenters. The summed E-state index contributed by atoms with van der Waals surface area (Å²) in [6.45, 7) is 1.79. The average Bonchev–Trinajstić information content (AvgIpc) is 2.49. The summed E-state index contributed by atoms with van der Waals surface area (Å²) in [5, 5.41) is 0. The fourth-order valence-electron chi connectivity index (χ4n) is 2.24. The number of ether oxygens (including phenoxy) is 3. The van der Waals surface area contributed by atoms with Crippen molar-refractivity contribution in [1.29, 1.82) is 0 Å². The fourth-order valence-corrected chi connectivity index (χ4v) is 2.96. The molecule has 0 bridgehead atoms. The van der Waals surface area contributed by atoms with Crippen LogP contribution < -0.4 is 4.72 Å². The summed E-state index contributed by atoms with van der Waals surface area (Å²) in [6.07, 6.45) is 2.70. The third-order valence-corrected chi connectivity index (χ3v) is 3.91. The Morgan fingerprint density at radius 3 is 2.58 bits per heavy atom. The minimum atomic E-state index is -3.42. The van der Waals surface area contributed by atoms with Gasteiger partial charge in [0.05, 0.1) is 25.5 Å². The molecular formula is C16H21NO6S. The van der Waals surface area contributed by atoms with Crippen LogP contribution in [0.3, 0.4) is 0 Å². The molecule has 0 radical (unpaired) electrons. The monoisotopic (exact) mass is 355 g/mol. The van der Waals surface area contributed by atoms with Crippen LogP contribution in [0.5, 0.6) is 0 Å². The predicted molar refractivity (Wildman–Crippen MR) is 87.4 cm³/mol. The number of hydrogen-bond donors (Lipinski definition) is 1. The van der Waals surface area contributed by atoms with Gasteiger partial charge in [-0.3, -0.25) is 4.79 Å². The van der Waals surface area contributed by atoms with Crippen LogP contribution in [-0.2, 0) is 35.6 Å². The van der Waals surface area contributed by atoms with Crippen LogP contribution in [0.1, 0.15) is 12.5 Å². The van der Waals surface area contributed by atoms with Crippen molar-refractivity contribution in [2.45, 2.75) is 32.0 Å². The van der Waals surface area contributed by atoms with Crippen LogP contribution in [0.4, 0.5) is 0 Å². The van der Waals surface area contributed by atoms with E-state index in [9.17, 15) is 13.2 Å². The van der Waals surface area contributed by atoms with Gasteiger partial charge in [-0.05, 0) is 11.6 Å². The van der Waals surface area contributed by atoms with E-state index >= 15 is 0 Å². The van der Waals surface area contributed by atoms with Crippen LogP contribution >= 0.6 is 0 Å². The van der Waals surface area contributed by atoms with Gasteiger partial charge < -0.3 is 14.2 Å².